The average molecular weight is 231 g/mol. The van der Waals surface area contributed by atoms with Gasteiger partial charge in [0, 0.05) is 0 Å². The Bertz CT molecular complexity index is 370. The molecule has 1 aromatic carbocycles. The highest BCUT2D eigenvalue weighted by Crippen LogP contribution is 2.36. The number of nitrogens with two attached hydrogens (primary N) is 1. The molecule has 1 aliphatic rings. The van der Waals surface area contributed by atoms with Crippen LogP contribution in [0.4, 0.5) is 0 Å². The highest BCUT2D eigenvalue weighted by atomic mass is 14.6. The van der Waals surface area contributed by atoms with Gasteiger partial charge in [-0.25, -0.2) is 0 Å². The van der Waals surface area contributed by atoms with Gasteiger partial charge in [0.05, 0.1) is 0 Å². The summed E-state index contributed by atoms with van der Waals surface area (Å²) in [7, 11) is 0. The molecule has 0 aliphatic heterocycles. The van der Waals surface area contributed by atoms with E-state index < -0.39 is 0 Å². The van der Waals surface area contributed by atoms with Crippen molar-refractivity contribution in [2.45, 2.75) is 51.9 Å². The molecule has 0 amide bonds. The first-order valence-electron chi connectivity index (χ1n) is 6.99. The largest absolute Gasteiger partial charge is 0.330 e. The second-order valence-electron chi connectivity index (χ2n) is 5.58. The molecule has 0 heterocycles. The molecule has 0 spiro atoms. The highest BCUT2D eigenvalue weighted by Gasteiger charge is 2.24. The Morgan fingerprint density at radius 3 is 2.53 bits per heavy atom. The van der Waals surface area contributed by atoms with Crippen LogP contribution in [0.2, 0.25) is 0 Å². The van der Waals surface area contributed by atoms with Crippen molar-refractivity contribution in [3.63, 3.8) is 0 Å². The summed E-state index contributed by atoms with van der Waals surface area (Å²) in [6.07, 6.45) is 6.76. The summed E-state index contributed by atoms with van der Waals surface area (Å²) in [5, 5.41) is 0. The first kappa shape index (κ1) is 12.6. The summed E-state index contributed by atoms with van der Waals surface area (Å²) < 4.78 is 0. The van der Waals surface area contributed by atoms with E-state index in [0.29, 0.717) is 11.8 Å². The van der Waals surface area contributed by atoms with Crippen LogP contribution < -0.4 is 5.73 Å². The van der Waals surface area contributed by atoms with Crippen LogP contribution in [-0.2, 0) is 0 Å². The molecule has 0 bridgehead atoms. The molecule has 0 saturated heterocycles. The Morgan fingerprint density at radius 2 is 1.82 bits per heavy atom. The molecule has 1 saturated carbocycles. The van der Waals surface area contributed by atoms with Gasteiger partial charge < -0.3 is 5.73 Å². The van der Waals surface area contributed by atoms with Gasteiger partial charge in [-0.15, -0.1) is 0 Å². The van der Waals surface area contributed by atoms with Crippen molar-refractivity contribution in [1.82, 2.24) is 0 Å². The zero-order valence-electron chi connectivity index (χ0n) is 11.2. The van der Waals surface area contributed by atoms with E-state index in [1.165, 1.54) is 48.8 Å². The first-order chi connectivity index (χ1) is 8.22. The molecule has 0 radical (unpaired) electrons. The molecular weight excluding hydrogens is 206 g/mol. The smallest absolute Gasteiger partial charge is 0.00430 e. The van der Waals surface area contributed by atoms with Crippen LogP contribution in [0, 0.1) is 19.8 Å². The lowest BCUT2D eigenvalue weighted by atomic mass is 9.81. The van der Waals surface area contributed by atoms with Gasteiger partial charge in [-0.3, -0.25) is 0 Å². The van der Waals surface area contributed by atoms with Crippen molar-refractivity contribution >= 4 is 0 Å². The summed E-state index contributed by atoms with van der Waals surface area (Å²) >= 11 is 0. The minimum atomic E-state index is 0.694. The first-order valence-corrected chi connectivity index (χ1v) is 6.99. The van der Waals surface area contributed by atoms with Gasteiger partial charge >= 0.3 is 0 Å². The molecule has 2 unspecified atom stereocenters. The van der Waals surface area contributed by atoms with Gasteiger partial charge in [0.1, 0.15) is 0 Å². The molecule has 17 heavy (non-hydrogen) atoms. The third-order valence-electron chi connectivity index (χ3n) is 4.42. The maximum atomic E-state index is 5.97. The molecular formula is C16H25N. The van der Waals surface area contributed by atoms with Crippen molar-refractivity contribution in [2.24, 2.45) is 11.7 Å². The lowest BCUT2D eigenvalue weighted by Crippen LogP contribution is -2.21. The predicted molar refractivity (Wildman–Crippen MR) is 74.3 cm³/mol. The Labute approximate surface area is 105 Å². The summed E-state index contributed by atoms with van der Waals surface area (Å²) in [5.74, 6) is 1.39. The number of rotatable bonds is 2. The third kappa shape index (κ3) is 2.90. The number of hydrogen-bond acceptors (Lipinski definition) is 1. The molecule has 1 nitrogen and oxygen atoms in total. The third-order valence-corrected chi connectivity index (χ3v) is 4.42. The van der Waals surface area contributed by atoms with Crippen LogP contribution in [0.5, 0.6) is 0 Å². The van der Waals surface area contributed by atoms with E-state index in [-0.39, 0.29) is 0 Å². The molecule has 1 fully saturated rings. The van der Waals surface area contributed by atoms with Gasteiger partial charge in [-0.2, -0.15) is 0 Å². The Morgan fingerprint density at radius 1 is 1.06 bits per heavy atom. The number of aryl methyl sites for hydroxylation is 2. The lowest BCUT2D eigenvalue weighted by molar-refractivity contribution is 0.408. The van der Waals surface area contributed by atoms with Gasteiger partial charge in [0.15, 0.2) is 0 Å². The zero-order chi connectivity index (χ0) is 12.3. The Balaban J connectivity index is 2.25. The van der Waals surface area contributed by atoms with Crippen molar-refractivity contribution < 1.29 is 0 Å². The Kier molecular flexibility index (Phi) is 4.22. The van der Waals surface area contributed by atoms with Gasteiger partial charge in [0.25, 0.3) is 0 Å². The standard InChI is InChI=1S/C16H25N/c1-12-8-9-14(10-13(12)2)16-7-5-3-4-6-15(16)11-17/h8-10,15-16H,3-7,11,17H2,1-2H3. The molecule has 1 aliphatic carbocycles. The zero-order valence-corrected chi connectivity index (χ0v) is 11.2. The van der Waals surface area contributed by atoms with Gasteiger partial charge in [0.2, 0.25) is 0 Å². The minimum absolute atomic E-state index is 0.694. The monoisotopic (exact) mass is 231 g/mol. The lowest BCUT2D eigenvalue weighted by Gasteiger charge is -2.25. The van der Waals surface area contributed by atoms with Gasteiger partial charge in [-0.1, -0.05) is 37.5 Å². The summed E-state index contributed by atoms with van der Waals surface area (Å²) in [5.41, 5.74) is 10.3. The normalized spacial score (nSPS) is 25.6. The Hall–Kier alpha value is -0.820. The second-order valence-corrected chi connectivity index (χ2v) is 5.58. The van der Waals surface area contributed by atoms with Crippen LogP contribution in [0.1, 0.15) is 54.7 Å². The second kappa shape index (κ2) is 5.68. The molecule has 2 N–H and O–H groups in total. The summed E-state index contributed by atoms with van der Waals surface area (Å²) in [6.45, 7) is 5.25. The van der Waals surface area contributed by atoms with Crippen molar-refractivity contribution in [2.75, 3.05) is 6.54 Å². The summed E-state index contributed by atoms with van der Waals surface area (Å²) in [6, 6.07) is 6.97. The molecule has 0 aromatic heterocycles. The molecule has 1 aromatic rings. The molecule has 1 heteroatoms. The number of hydrogen-bond donors (Lipinski definition) is 1. The maximum Gasteiger partial charge on any atom is -0.00430 e. The van der Waals surface area contributed by atoms with Crippen molar-refractivity contribution in [3.8, 4) is 0 Å². The van der Waals surface area contributed by atoms with Crippen LogP contribution in [0.25, 0.3) is 0 Å². The fraction of sp³-hybridized carbons (Fsp3) is 0.625. The van der Waals surface area contributed by atoms with E-state index in [0.717, 1.165) is 6.54 Å². The maximum absolute atomic E-state index is 5.97. The van der Waals surface area contributed by atoms with E-state index in [4.69, 9.17) is 5.73 Å². The van der Waals surface area contributed by atoms with Gasteiger partial charge in [-0.05, 0) is 61.8 Å². The molecule has 94 valence electrons. The minimum Gasteiger partial charge on any atom is -0.330 e. The van der Waals surface area contributed by atoms with Crippen molar-refractivity contribution in [1.29, 1.82) is 0 Å². The fourth-order valence-electron chi connectivity index (χ4n) is 3.10. The van der Waals surface area contributed by atoms with E-state index in [1.54, 1.807) is 0 Å². The summed E-state index contributed by atoms with van der Waals surface area (Å²) in [4.78, 5) is 0. The quantitative estimate of drug-likeness (QED) is 0.767. The van der Waals surface area contributed by atoms with Crippen LogP contribution in [0.3, 0.4) is 0 Å². The SMILES string of the molecule is Cc1ccc(C2CCCCCC2CN)cc1C. The average Bonchev–Trinajstić information content (AvgIpc) is 2.57. The molecule has 2 rings (SSSR count). The highest BCUT2D eigenvalue weighted by molar-refractivity contribution is 5.32. The number of benzene rings is 1. The fourth-order valence-corrected chi connectivity index (χ4v) is 3.10. The van der Waals surface area contributed by atoms with E-state index >= 15 is 0 Å². The van der Waals surface area contributed by atoms with Crippen molar-refractivity contribution in [3.05, 3.63) is 34.9 Å². The van der Waals surface area contributed by atoms with E-state index in [9.17, 15) is 0 Å². The van der Waals surface area contributed by atoms with Crippen LogP contribution >= 0.6 is 0 Å². The molecule has 2 atom stereocenters. The van der Waals surface area contributed by atoms with E-state index in [1.807, 2.05) is 0 Å². The van der Waals surface area contributed by atoms with Crippen LogP contribution in [0.15, 0.2) is 18.2 Å². The topological polar surface area (TPSA) is 26.0 Å². The predicted octanol–water partition coefficient (Wildman–Crippen LogP) is 3.93. The van der Waals surface area contributed by atoms with Crippen LogP contribution in [-0.4, -0.2) is 6.54 Å². The van der Waals surface area contributed by atoms with E-state index in [2.05, 4.69) is 32.0 Å².